The average molecular weight is 369 g/mol. The van der Waals surface area contributed by atoms with Crippen LogP contribution in [0.1, 0.15) is 29.3 Å². The Hall–Kier alpha value is -2.99. The third kappa shape index (κ3) is 6.34. The lowest BCUT2D eigenvalue weighted by Crippen LogP contribution is -2.28. The number of hydrogen-bond donors (Lipinski definition) is 0. The fourth-order valence-electron chi connectivity index (χ4n) is 2.53. The van der Waals surface area contributed by atoms with Gasteiger partial charge in [-0.3, -0.25) is 10.1 Å². The highest BCUT2D eigenvalue weighted by atomic mass is 16.6. The Morgan fingerprint density at radius 1 is 1.19 bits per heavy atom. The minimum atomic E-state index is -0.522. The van der Waals surface area contributed by atoms with E-state index in [4.69, 9.17) is 9.47 Å². The van der Waals surface area contributed by atoms with Gasteiger partial charge in [-0.1, -0.05) is 43.3 Å². The van der Waals surface area contributed by atoms with E-state index >= 15 is 0 Å². The zero-order valence-corrected chi connectivity index (χ0v) is 15.2. The second-order valence-corrected chi connectivity index (χ2v) is 6.25. The summed E-state index contributed by atoms with van der Waals surface area (Å²) in [5.74, 6) is -0.555. The van der Waals surface area contributed by atoms with E-state index in [2.05, 4.69) is 6.58 Å². The molecule has 2 rings (SSSR count). The molecule has 0 unspecified atom stereocenters. The number of carbonyl (C=O) groups is 1. The van der Waals surface area contributed by atoms with E-state index in [-0.39, 0.29) is 23.3 Å². The molecule has 0 saturated heterocycles. The smallest absolute Gasteiger partial charge is 0.338 e. The van der Waals surface area contributed by atoms with Gasteiger partial charge in [0.2, 0.25) is 0 Å². The predicted molar refractivity (Wildman–Crippen MR) is 102 cm³/mol. The van der Waals surface area contributed by atoms with Gasteiger partial charge in [-0.15, -0.1) is 6.58 Å². The Bertz CT molecular complexity index is 758. The van der Waals surface area contributed by atoms with Crippen LogP contribution in [0.15, 0.2) is 67.3 Å². The van der Waals surface area contributed by atoms with Gasteiger partial charge >= 0.3 is 5.97 Å². The Balaban J connectivity index is 1.91. The van der Waals surface area contributed by atoms with Gasteiger partial charge in [0.05, 0.1) is 23.7 Å². The standard InChI is InChI=1S/C21H23NO5/c1-3-7-20(16(2)14-26-15-17-8-5-4-6-9-17)27-21(23)18-10-12-19(13-11-18)22(24)25/h3-6,8-13,16,20H,1,7,14-15H2,2H3/t16-,20-/m1/s1. The van der Waals surface area contributed by atoms with Crippen molar-refractivity contribution < 1.29 is 19.2 Å². The number of nitro groups is 1. The third-order valence-corrected chi connectivity index (χ3v) is 4.10. The molecule has 0 bridgehead atoms. The minimum absolute atomic E-state index is 0.0336. The summed E-state index contributed by atoms with van der Waals surface area (Å²) in [6.45, 7) is 6.58. The predicted octanol–water partition coefficient (Wildman–Crippen LogP) is 4.55. The van der Waals surface area contributed by atoms with Crippen molar-refractivity contribution in [1.29, 1.82) is 0 Å². The number of rotatable bonds is 10. The fraction of sp³-hybridized carbons (Fsp3) is 0.286. The van der Waals surface area contributed by atoms with Gasteiger partial charge in [-0.2, -0.15) is 0 Å². The van der Waals surface area contributed by atoms with Crippen molar-refractivity contribution in [2.45, 2.75) is 26.1 Å². The number of esters is 1. The molecule has 2 atom stereocenters. The first kappa shape index (κ1) is 20.3. The van der Waals surface area contributed by atoms with E-state index in [0.717, 1.165) is 5.56 Å². The lowest BCUT2D eigenvalue weighted by Gasteiger charge is -2.23. The van der Waals surface area contributed by atoms with Crippen LogP contribution < -0.4 is 0 Å². The first-order valence-electron chi connectivity index (χ1n) is 8.69. The summed E-state index contributed by atoms with van der Waals surface area (Å²) in [7, 11) is 0. The van der Waals surface area contributed by atoms with Crippen molar-refractivity contribution in [3.05, 3.63) is 88.5 Å². The van der Waals surface area contributed by atoms with Crippen molar-refractivity contribution in [3.63, 3.8) is 0 Å². The summed E-state index contributed by atoms with van der Waals surface area (Å²) in [5.41, 5.74) is 1.27. The van der Waals surface area contributed by atoms with Gasteiger partial charge < -0.3 is 9.47 Å². The van der Waals surface area contributed by atoms with E-state index in [9.17, 15) is 14.9 Å². The number of hydrogen-bond acceptors (Lipinski definition) is 5. The summed E-state index contributed by atoms with van der Waals surface area (Å²) < 4.78 is 11.3. The largest absolute Gasteiger partial charge is 0.458 e. The molecule has 0 heterocycles. The Kier molecular flexibility index (Phi) is 7.70. The summed E-state index contributed by atoms with van der Waals surface area (Å²) >= 11 is 0. The molecule has 0 saturated carbocycles. The molecule has 0 aliphatic carbocycles. The molecule has 0 aliphatic heterocycles. The van der Waals surface area contributed by atoms with Crippen LogP contribution in [0.4, 0.5) is 5.69 Å². The topological polar surface area (TPSA) is 78.7 Å². The van der Waals surface area contributed by atoms with Gasteiger partial charge in [0, 0.05) is 24.5 Å². The maximum Gasteiger partial charge on any atom is 0.338 e. The van der Waals surface area contributed by atoms with Crippen molar-refractivity contribution in [3.8, 4) is 0 Å². The number of nitrogens with zero attached hydrogens (tertiary/aromatic N) is 1. The second-order valence-electron chi connectivity index (χ2n) is 6.25. The van der Waals surface area contributed by atoms with Gasteiger partial charge in [0.15, 0.2) is 0 Å². The molecule has 0 aromatic heterocycles. The summed E-state index contributed by atoms with van der Waals surface area (Å²) in [5, 5.41) is 10.7. The first-order chi connectivity index (χ1) is 13.0. The lowest BCUT2D eigenvalue weighted by molar-refractivity contribution is -0.384. The number of nitro benzene ring substituents is 1. The minimum Gasteiger partial charge on any atom is -0.458 e. The maximum absolute atomic E-state index is 12.3. The zero-order chi connectivity index (χ0) is 19.6. The lowest BCUT2D eigenvalue weighted by atomic mass is 10.0. The van der Waals surface area contributed by atoms with Crippen LogP contribution in [0.2, 0.25) is 0 Å². The van der Waals surface area contributed by atoms with Crippen molar-refractivity contribution in [2.24, 2.45) is 5.92 Å². The second kappa shape index (κ2) is 10.2. The molecule has 142 valence electrons. The first-order valence-corrected chi connectivity index (χ1v) is 8.69. The molecule has 0 amide bonds. The van der Waals surface area contributed by atoms with Gasteiger partial charge in [0.1, 0.15) is 6.10 Å². The summed E-state index contributed by atoms with van der Waals surface area (Å²) in [6.07, 6.45) is 1.80. The highest BCUT2D eigenvalue weighted by molar-refractivity contribution is 5.89. The van der Waals surface area contributed by atoms with Crippen LogP contribution in [0.3, 0.4) is 0 Å². The van der Waals surface area contributed by atoms with E-state index in [0.29, 0.717) is 19.6 Å². The van der Waals surface area contributed by atoms with E-state index in [1.165, 1.54) is 24.3 Å². The molecule has 2 aromatic carbocycles. The van der Waals surface area contributed by atoms with E-state index < -0.39 is 10.9 Å². The van der Waals surface area contributed by atoms with Crippen LogP contribution in [-0.2, 0) is 16.1 Å². The molecular formula is C21H23NO5. The summed E-state index contributed by atoms with van der Waals surface area (Å²) in [4.78, 5) is 22.5. The van der Waals surface area contributed by atoms with Crippen molar-refractivity contribution in [1.82, 2.24) is 0 Å². The van der Waals surface area contributed by atoms with Crippen LogP contribution in [0, 0.1) is 16.0 Å². The summed E-state index contributed by atoms with van der Waals surface area (Å²) in [6, 6.07) is 15.2. The van der Waals surface area contributed by atoms with Crippen LogP contribution >= 0.6 is 0 Å². The maximum atomic E-state index is 12.3. The molecule has 6 nitrogen and oxygen atoms in total. The highest BCUT2D eigenvalue weighted by Gasteiger charge is 2.22. The molecule has 0 spiro atoms. The number of ether oxygens (including phenoxy) is 2. The number of non-ortho nitro benzene ring substituents is 1. The third-order valence-electron chi connectivity index (χ3n) is 4.10. The van der Waals surface area contributed by atoms with Crippen LogP contribution in [-0.4, -0.2) is 23.6 Å². The molecular weight excluding hydrogens is 346 g/mol. The monoisotopic (exact) mass is 369 g/mol. The highest BCUT2D eigenvalue weighted by Crippen LogP contribution is 2.18. The number of benzene rings is 2. The molecule has 0 N–H and O–H groups in total. The van der Waals surface area contributed by atoms with E-state index in [1.807, 2.05) is 37.3 Å². The van der Waals surface area contributed by atoms with Gasteiger partial charge in [0.25, 0.3) is 5.69 Å². The number of carbonyl (C=O) groups excluding carboxylic acids is 1. The Morgan fingerprint density at radius 2 is 1.85 bits per heavy atom. The van der Waals surface area contributed by atoms with Crippen molar-refractivity contribution >= 4 is 11.7 Å². The van der Waals surface area contributed by atoms with Crippen LogP contribution in [0.25, 0.3) is 0 Å². The molecule has 2 aromatic rings. The Labute approximate surface area is 158 Å². The van der Waals surface area contributed by atoms with Crippen molar-refractivity contribution in [2.75, 3.05) is 6.61 Å². The molecule has 0 aliphatic rings. The van der Waals surface area contributed by atoms with Gasteiger partial charge in [-0.05, 0) is 17.7 Å². The Morgan fingerprint density at radius 3 is 2.44 bits per heavy atom. The molecule has 0 radical (unpaired) electrons. The normalized spacial score (nSPS) is 12.8. The molecule has 0 fully saturated rings. The molecule has 6 heteroatoms. The van der Waals surface area contributed by atoms with Gasteiger partial charge in [-0.25, -0.2) is 4.79 Å². The zero-order valence-electron chi connectivity index (χ0n) is 15.2. The van der Waals surface area contributed by atoms with Crippen LogP contribution in [0.5, 0.6) is 0 Å². The van der Waals surface area contributed by atoms with E-state index in [1.54, 1.807) is 6.08 Å². The quantitative estimate of drug-likeness (QED) is 0.266. The SMILES string of the molecule is C=CC[C@@H](OC(=O)c1ccc([N+](=O)[O-])cc1)[C@H](C)COCc1ccccc1. The fourth-order valence-corrected chi connectivity index (χ4v) is 2.53. The average Bonchev–Trinajstić information content (AvgIpc) is 2.68. The molecule has 27 heavy (non-hydrogen) atoms.